The maximum absolute atomic E-state index is 12.7. The predicted octanol–water partition coefficient (Wildman–Crippen LogP) is 0.768. The molecule has 0 radical (unpaired) electrons. The van der Waals surface area contributed by atoms with Crippen LogP contribution in [0.3, 0.4) is 0 Å². The summed E-state index contributed by atoms with van der Waals surface area (Å²) in [4.78, 5) is 11.3. The van der Waals surface area contributed by atoms with Gasteiger partial charge in [0.2, 0.25) is 0 Å². The second-order valence-corrected chi connectivity index (χ2v) is 2.78. The van der Waals surface area contributed by atoms with Crippen molar-refractivity contribution in [3.63, 3.8) is 0 Å². The van der Waals surface area contributed by atoms with E-state index >= 15 is 0 Å². The van der Waals surface area contributed by atoms with Crippen molar-refractivity contribution < 1.29 is 19.4 Å². The Morgan fingerprint density at radius 2 is 2.00 bits per heavy atom. The van der Waals surface area contributed by atoms with Crippen LogP contribution in [-0.4, -0.2) is 22.5 Å². The van der Waals surface area contributed by atoms with Gasteiger partial charge >= 0.3 is 0 Å². The van der Waals surface area contributed by atoms with Crippen LogP contribution < -0.4 is 5.73 Å². The van der Waals surface area contributed by atoms with Gasteiger partial charge < -0.3 is 15.9 Å². The van der Waals surface area contributed by atoms with Gasteiger partial charge in [0.15, 0.2) is 17.3 Å². The van der Waals surface area contributed by atoms with E-state index in [4.69, 9.17) is 10.8 Å². The first kappa shape index (κ1) is 10.5. The Hall–Kier alpha value is -1.62. The molecule has 1 aromatic carbocycles. The highest BCUT2D eigenvalue weighted by Gasteiger charge is 2.14. The summed E-state index contributed by atoms with van der Waals surface area (Å²) in [6.07, 6.45) is 0.0403. The molecule has 0 spiro atoms. The quantitative estimate of drug-likeness (QED) is 0.496. The molecule has 0 fully saturated rings. The molecule has 0 aliphatic rings. The summed E-state index contributed by atoms with van der Waals surface area (Å²) < 4.78 is 12.7. The Kier molecular flexibility index (Phi) is 3.03. The van der Waals surface area contributed by atoms with E-state index in [0.29, 0.717) is 6.07 Å². The Bertz CT molecular complexity index is 365. The van der Waals surface area contributed by atoms with Crippen molar-refractivity contribution in [2.75, 3.05) is 6.54 Å². The molecule has 0 unspecified atom stereocenters. The maximum Gasteiger partial charge on any atom is 0.168 e. The number of rotatable bonds is 3. The molecule has 0 heterocycles. The van der Waals surface area contributed by atoms with Gasteiger partial charge in [0, 0.05) is 12.5 Å². The first-order valence-electron chi connectivity index (χ1n) is 4.01. The van der Waals surface area contributed by atoms with E-state index in [0.717, 1.165) is 6.07 Å². The van der Waals surface area contributed by atoms with Crippen LogP contribution in [0.15, 0.2) is 12.1 Å². The summed E-state index contributed by atoms with van der Waals surface area (Å²) in [7, 11) is 0. The number of phenols is 2. The summed E-state index contributed by atoms with van der Waals surface area (Å²) >= 11 is 0. The van der Waals surface area contributed by atoms with Crippen molar-refractivity contribution in [1.29, 1.82) is 0 Å². The fraction of sp³-hybridized carbons (Fsp3) is 0.222. The number of benzene rings is 1. The van der Waals surface area contributed by atoms with Gasteiger partial charge in [0.1, 0.15) is 5.75 Å². The minimum Gasteiger partial charge on any atom is -0.507 e. The SMILES string of the molecule is NCCC(=O)c1cc(O)c(F)cc1O. The van der Waals surface area contributed by atoms with Crippen LogP contribution in [0.1, 0.15) is 16.8 Å². The Labute approximate surface area is 79.8 Å². The fourth-order valence-corrected chi connectivity index (χ4v) is 1.04. The minimum atomic E-state index is -0.966. The first-order chi connectivity index (χ1) is 6.56. The zero-order chi connectivity index (χ0) is 10.7. The van der Waals surface area contributed by atoms with Gasteiger partial charge in [-0.1, -0.05) is 0 Å². The second kappa shape index (κ2) is 4.06. The van der Waals surface area contributed by atoms with E-state index < -0.39 is 23.1 Å². The third-order valence-corrected chi connectivity index (χ3v) is 1.74. The molecule has 0 aliphatic heterocycles. The van der Waals surface area contributed by atoms with E-state index in [9.17, 15) is 14.3 Å². The van der Waals surface area contributed by atoms with Gasteiger partial charge in [-0.25, -0.2) is 4.39 Å². The number of aromatic hydroxyl groups is 2. The molecule has 5 heteroatoms. The standard InChI is InChI=1S/C9H10FNO3/c10-6-4-8(13)5(3-9(6)14)7(12)1-2-11/h3-4,13-14H,1-2,11H2. The molecular weight excluding hydrogens is 189 g/mol. The highest BCUT2D eigenvalue weighted by atomic mass is 19.1. The molecule has 0 bridgehead atoms. The molecule has 76 valence electrons. The van der Waals surface area contributed by atoms with Crippen molar-refractivity contribution in [3.8, 4) is 11.5 Å². The molecule has 4 N–H and O–H groups in total. The monoisotopic (exact) mass is 199 g/mol. The molecule has 1 rings (SSSR count). The van der Waals surface area contributed by atoms with Gasteiger partial charge in [-0.3, -0.25) is 4.79 Å². The summed E-state index contributed by atoms with van der Waals surface area (Å²) in [6.45, 7) is 0.135. The van der Waals surface area contributed by atoms with Crippen molar-refractivity contribution in [2.24, 2.45) is 5.73 Å². The lowest BCUT2D eigenvalue weighted by atomic mass is 10.1. The third-order valence-electron chi connectivity index (χ3n) is 1.74. The van der Waals surface area contributed by atoms with Crippen LogP contribution in [0.25, 0.3) is 0 Å². The Morgan fingerprint density at radius 3 is 2.57 bits per heavy atom. The number of carbonyl (C=O) groups excluding carboxylic acids is 1. The number of halogens is 1. The van der Waals surface area contributed by atoms with Gasteiger partial charge in [0.05, 0.1) is 5.56 Å². The lowest BCUT2D eigenvalue weighted by molar-refractivity contribution is 0.0982. The lowest BCUT2D eigenvalue weighted by Gasteiger charge is -2.04. The van der Waals surface area contributed by atoms with Gasteiger partial charge in [-0.15, -0.1) is 0 Å². The molecule has 4 nitrogen and oxygen atoms in total. The van der Waals surface area contributed by atoms with Crippen molar-refractivity contribution in [2.45, 2.75) is 6.42 Å². The van der Waals surface area contributed by atoms with E-state index in [1.165, 1.54) is 0 Å². The predicted molar refractivity (Wildman–Crippen MR) is 47.7 cm³/mol. The number of phenolic OH excluding ortho intramolecular Hbond substituents is 2. The maximum atomic E-state index is 12.7. The number of Topliss-reactive ketones (excluding diaryl/α,β-unsaturated/α-hetero) is 1. The number of carbonyl (C=O) groups is 1. The molecule has 0 saturated heterocycles. The highest BCUT2D eigenvalue weighted by Crippen LogP contribution is 2.26. The molecule has 0 aromatic heterocycles. The van der Waals surface area contributed by atoms with Crippen molar-refractivity contribution >= 4 is 5.78 Å². The largest absolute Gasteiger partial charge is 0.507 e. The fourth-order valence-electron chi connectivity index (χ4n) is 1.04. The first-order valence-corrected chi connectivity index (χ1v) is 4.01. The zero-order valence-corrected chi connectivity index (χ0v) is 7.33. The minimum absolute atomic E-state index is 0.0403. The van der Waals surface area contributed by atoms with E-state index in [2.05, 4.69) is 0 Å². The van der Waals surface area contributed by atoms with Gasteiger partial charge in [-0.05, 0) is 12.6 Å². The number of nitrogens with two attached hydrogens (primary N) is 1. The van der Waals surface area contributed by atoms with Crippen molar-refractivity contribution in [1.82, 2.24) is 0 Å². The molecular formula is C9H10FNO3. The number of ketones is 1. The van der Waals surface area contributed by atoms with E-state index in [1.54, 1.807) is 0 Å². The molecule has 0 saturated carbocycles. The van der Waals surface area contributed by atoms with Crippen LogP contribution in [0, 0.1) is 5.82 Å². The van der Waals surface area contributed by atoms with Crippen LogP contribution >= 0.6 is 0 Å². The Balaban J connectivity index is 3.09. The molecule has 0 atom stereocenters. The zero-order valence-electron chi connectivity index (χ0n) is 7.33. The molecule has 0 aliphatic carbocycles. The van der Waals surface area contributed by atoms with Crippen LogP contribution in [0.5, 0.6) is 11.5 Å². The summed E-state index contributed by atoms with van der Waals surface area (Å²) in [6, 6.07) is 1.59. The normalized spacial score (nSPS) is 10.1. The Morgan fingerprint density at radius 1 is 1.36 bits per heavy atom. The summed E-state index contributed by atoms with van der Waals surface area (Å²) in [5.41, 5.74) is 5.03. The van der Waals surface area contributed by atoms with Crippen LogP contribution in [0.4, 0.5) is 4.39 Å². The van der Waals surface area contributed by atoms with E-state index in [-0.39, 0.29) is 18.5 Å². The number of hydrogen-bond acceptors (Lipinski definition) is 4. The molecule has 1 aromatic rings. The van der Waals surface area contributed by atoms with Gasteiger partial charge in [-0.2, -0.15) is 0 Å². The lowest BCUT2D eigenvalue weighted by Crippen LogP contribution is -2.08. The average molecular weight is 199 g/mol. The van der Waals surface area contributed by atoms with E-state index in [1.807, 2.05) is 0 Å². The highest BCUT2D eigenvalue weighted by molar-refractivity contribution is 5.99. The smallest absolute Gasteiger partial charge is 0.168 e. The third kappa shape index (κ3) is 2.00. The second-order valence-electron chi connectivity index (χ2n) is 2.78. The molecule has 0 amide bonds. The van der Waals surface area contributed by atoms with Crippen molar-refractivity contribution in [3.05, 3.63) is 23.5 Å². The topological polar surface area (TPSA) is 83.6 Å². The van der Waals surface area contributed by atoms with Crippen LogP contribution in [0.2, 0.25) is 0 Å². The van der Waals surface area contributed by atoms with Crippen LogP contribution in [-0.2, 0) is 0 Å². The summed E-state index contributed by atoms with van der Waals surface area (Å²) in [5.74, 6) is -2.55. The molecule has 14 heavy (non-hydrogen) atoms. The van der Waals surface area contributed by atoms with Gasteiger partial charge in [0.25, 0.3) is 0 Å². The number of hydrogen-bond donors (Lipinski definition) is 3. The average Bonchev–Trinajstić information content (AvgIpc) is 2.11. The summed E-state index contributed by atoms with van der Waals surface area (Å²) in [5, 5.41) is 18.2.